The van der Waals surface area contributed by atoms with E-state index in [2.05, 4.69) is 10.6 Å². The average molecular weight is 433 g/mol. The predicted octanol–water partition coefficient (Wildman–Crippen LogP) is 1.93. The van der Waals surface area contributed by atoms with Crippen LogP contribution in [0.5, 0.6) is 0 Å². The fraction of sp³-hybridized carbons (Fsp3) is 0.333. The molecule has 0 saturated carbocycles. The summed E-state index contributed by atoms with van der Waals surface area (Å²) in [6.07, 6.45) is 0.224. The SMILES string of the molecule is Cc1ccc(NC(=O)CNc2ccccc2CC(=O)N(C)C)cc1S(=O)(=O)N(C)C. The van der Waals surface area contributed by atoms with Crippen LogP contribution < -0.4 is 10.6 Å². The molecule has 0 aliphatic heterocycles. The van der Waals surface area contributed by atoms with Crippen LogP contribution in [-0.2, 0) is 26.0 Å². The van der Waals surface area contributed by atoms with Gasteiger partial charge < -0.3 is 15.5 Å². The molecule has 0 atom stereocenters. The highest BCUT2D eigenvalue weighted by molar-refractivity contribution is 7.89. The molecule has 0 fully saturated rings. The van der Waals surface area contributed by atoms with Gasteiger partial charge >= 0.3 is 0 Å². The first-order valence-corrected chi connectivity index (χ1v) is 10.8. The van der Waals surface area contributed by atoms with Crippen molar-refractivity contribution in [2.45, 2.75) is 18.2 Å². The third-order valence-electron chi connectivity index (χ3n) is 4.53. The highest BCUT2D eigenvalue weighted by Crippen LogP contribution is 2.22. The van der Waals surface area contributed by atoms with Crippen LogP contribution in [0.25, 0.3) is 0 Å². The molecular formula is C21H28N4O4S. The maximum Gasteiger partial charge on any atom is 0.243 e. The summed E-state index contributed by atoms with van der Waals surface area (Å²) in [5.41, 5.74) is 2.48. The van der Waals surface area contributed by atoms with Gasteiger partial charge in [0, 0.05) is 39.6 Å². The van der Waals surface area contributed by atoms with E-state index in [4.69, 9.17) is 0 Å². The second-order valence-corrected chi connectivity index (χ2v) is 9.41. The molecule has 2 amide bonds. The van der Waals surface area contributed by atoms with Gasteiger partial charge in [0.25, 0.3) is 0 Å². The molecule has 0 heterocycles. The predicted molar refractivity (Wildman–Crippen MR) is 118 cm³/mol. The van der Waals surface area contributed by atoms with Crippen LogP contribution in [0.3, 0.4) is 0 Å². The van der Waals surface area contributed by atoms with Gasteiger partial charge in [-0.25, -0.2) is 12.7 Å². The van der Waals surface area contributed by atoms with Gasteiger partial charge in [-0.3, -0.25) is 9.59 Å². The molecule has 0 aromatic heterocycles. The Morgan fingerprint density at radius 1 is 1.00 bits per heavy atom. The number of carbonyl (C=O) groups excluding carboxylic acids is 2. The molecule has 162 valence electrons. The molecule has 0 bridgehead atoms. The van der Waals surface area contributed by atoms with Gasteiger partial charge in [0.15, 0.2) is 0 Å². The number of benzene rings is 2. The number of hydrogen-bond donors (Lipinski definition) is 2. The van der Waals surface area contributed by atoms with Crippen molar-refractivity contribution < 1.29 is 18.0 Å². The molecule has 9 heteroatoms. The first-order valence-electron chi connectivity index (χ1n) is 9.37. The van der Waals surface area contributed by atoms with Gasteiger partial charge in [-0.1, -0.05) is 24.3 Å². The molecule has 0 unspecified atom stereocenters. The fourth-order valence-corrected chi connectivity index (χ4v) is 3.85. The Bertz CT molecular complexity index is 1030. The van der Waals surface area contributed by atoms with Crippen LogP contribution >= 0.6 is 0 Å². The summed E-state index contributed by atoms with van der Waals surface area (Å²) >= 11 is 0. The van der Waals surface area contributed by atoms with Crippen LogP contribution in [0.4, 0.5) is 11.4 Å². The number of sulfonamides is 1. The normalized spacial score (nSPS) is 11.3. The number of hydrogen-bond acceptors (Lipinski definition) is 5. The number of amides is 2. The maximum atomic E-state index is 12.4. The van der Waals surface area contributed by atoms with E-state index >= 15 is 0 Å². The molecule has 8 nitrogen and oxygen atoms in total. The quantitative estimate of drug-likeness (QED) is 0.664. The number of para-hydroxylation sites is 1. The van der Waals surface area contributed by atoms with Crippen molar-refractivity contribution in [2.75, 3.05) is 45.4 Å². The topological polar surface area (TPSA) is 98.8 Å². The third kappa shape index (κ3) is 5.80. The zero-order chi connectivity index (χ0) is 22.5. The summed E-state index contributed by atoms with van der Waals surface area (Å²) in [6.45, 7) is 1.67. The highest BCUT2D eigenvalue weighted by atomic mass is 32.2. The Morgan fingerprint density at radius 3 is 2.30 bits per heavy atom. The van der Waals surface area contributed by atoms with Crippen molar-refractivity contribution in [3.05, 3.63) is 53.6 Å². The molecule has 2 aromatic rings. The van der Waals surface area contributed by atoms with Gasteiger partial charge in [0.05, 0.1) is 17.9 Å². The van der Waals surface area contributed by atoms with Crippen LogP contribution in [0.15, 0.2) is 47.4 Å². The van der Waals surface area contributed by atoms with Crippen molar-refractivity contribution in [2.24, 2.45) is 0 Å². The number of likely N-dealkylation sites (N-methyl/N-ethyl adjacent to an activating group) is 1. The van der Waals surface area contributed by atoms with Gasteiger partial charge in [-0.15, -0.1) is 0 Å². The van der Waals surface area contributed by atoms with Crippen LogP contribution in [0, 0.1) is 6.92 Å². The Labute approximate surface area is 177 Å². The number of rotatable bonds is 8. The lowest BCUT2D eigenvalue weighted by molar-refractivity contribution is -0.127. The second kappa shape index (κ2) is 9.73. The summed E-state index contributed by atoms with van der Waals surface area (Å²) in [4.78, 5) is 26.1. The van der Waals surface area contributed by atoms with Crippen LogP contribution in [-0.4, -0.2) is 64.2 Å². The number of nitrogens with one attached hydrogen (secondary N) is 2. The maximum absolute atomic E-state index is 12.4. The van der Waals surface area contributed by atoms with E-state index in [0.29, 0.717) is 16.9 Å². The Morgan fingerprint density at radius 2 is 1.67 bits per heavy atom. The van der Waals surface area contributed by atoms with Crippen molar-refractivity contribution in [3.8, 4) is 0 Å². The first-order chi connectivity index (χ1) is 14.0. The van der Waals surface area contributed by atoms with Crippen molar-refractivity contribution in [1.82, 2.24) is 9.21 Å². The molecule has 0 aliphatic carbocycles. The standard InChI is InChI=1S/C21H28N4O4S/c1-15-10-11-17(13-19(15)30(28,29)25(4)5)23-20(26)14-22-18-9-7-6-8-16(18)12-21(27)24(2)3/h6-11,13,22H,12,14H2,1-5H3,(H,23,26). The van der Waals surface area contributed by atoms with Gasteiger partial charge in [-0.2, -0.15) is 0 Å². The molecule has 2 rings (SSSR count). The smallest absolute Gasteiger partial charge is 0.243 e. The Balaban J connectivity index is 2.09. The molecule has 30 heavy (non-hydrogen) atoms. The number of nitrogens with zero attached hydrogens (tertiary/aromatic N) is 2. The van der Waals surface area contributed by atoms with Gasteiger partial charge in [-0.05, 0) is 36.2 Å². The van der Waals surface area contributed by atoms with Crippen LogP contribution in [0.1, 0.15) is 11.1 Å². The monoisotopic (exact) mass is 432 g/mol. The average Bonchev–Trinajstić information content (AvgIpc) is 2.68. The molecule has 0 radical (unpaired) electrons. The largest absolute Gasteiger partial charge is 0.376 e. The molecule has 2 aromatic carbocycles. The van der Waals surface area contributed by atoms with E-state index in [1.807, 2.05) is 18.2 Å². The molecule has 0 spiro atoms. The molecule has 2 N–H and O–H groups in total. The summed E-state index contributed by atoms with van der Waals surface area (Å²) in [5.74, 6) is -0.371. The van der Waals surface area contributed by atoms with Gasteiger partial charge in [0.1, 0.15) is 0 Å². The molecule has 0 saturated heterocycles. The minimum absolute atomic E-state index is 0.0309. The summed E-state index contributed by atoms with van der Waals surface area (Å²) in [5, 5.41) is 5.75. The molecular weight excluding hydrogens is 404 g/mol. The van der Waals surface area contributed by atoms with E-state index < -0.39 is 10.0 Å². The third-order valence-corrected chi connectivity index (χ3v) is 6.48. The molecule has 0 aliphatic rings. The first kappa shape index (κ1) is 23.4. The highest BCUT2D eigenvalue weighted by Gasteiger charge is 2.20. The van der Waals surface area contributed by atoms with Crippen molar-refractivity contribution in [3.63, 3.8) is 0 Å². The Hall–Kier alpha value is -2.91. The van der Waals surface area contributed by atoms with Crippen molar-refractivity contribution in [1.29, 1.82) is 0 Å². The number of anilines is 2. The number of carbonyl (C=O) groups is 2. The zero-order valence-corrected chi connectivity index (χ0v) is 18.7. The minimum Gasteiger partial charge on any atom is -0.376 e. The summed E-state index contributed by atoms with van der Waals surface area (Å²) in [6, 6.07) is 12.1. The summed E-state index contributed by atoms with van der Waals surface area (Å²) < 4.78 is 26.0. The van der Waals surface area contributed by atoms with E-state index in [1.54, 1.807) is 39.2 Å². The fourth-order valence-electron chi connectivity index (χ4n) is 2.70. The van der Waals surface area contributed by atoms with E-state index in [-0.39, 0.29) is 29.7 Å². The summed E-state index contributed by atoms with van der Waals surface area (Å²) in [7, 11) is 2.69. The second-order valence-electron chi connectivity index (χ2n) is 7.29. The van der Waals surface area contributed by atoms with E-state index in [1.165, 1.54) is 25.1 Å². The van der Waals surface area contributed by atoms with E-state index in [0.717, 1.165) is 9.87 Å². The van der Waals surface area contributed by atoms with Gasteiger partial charge in [0.2, 0.25) is 21.8 Å². The van der Waals surface area contributed by atoms with Crippen LogP contribution in [0.2, 0.25) is 0 Å². The number of aryl methyl sites for hydroxylation is 1. The van der Waals surface area contributed by atoms with Crippen molar-refractivity contribution >= 4 is 33.2 Å². The lowest BCUT2D eigenvalue weighted by atomic mass is 10.1. The lowest BCUT2D eigenvalue weighted by Crippen LogP contribution is -2.25. The Kier molecular flexibility index (Phi) is 7.58. The van der Waals surface area contributed by atoms with E-state index in [9.17, 15) is 18.0 Å². The zero-order valence-electron chi connectivity index (χ0n) is 17.9. The lowest BCUT2D eigenvalue weighted by Gasteiger charge is -2.16. The minimum atomic E-state index is -3.61.